The molecule has 0 bridgehead atoms. The Bertz CT molecular complexity index is 556. The molecule has 3 atom stereocenters. The lowest BCUT2D eigenvalue weighted by Gasteiger charge is -2.35. The lowest BCUT2D eigenvalue weighted by molar-refractivity contribution is 0.118. The first-order valence-corrected chi connectivity index (χ1v) is 21.0. The highest BCUT2D eigenvalue weighted by atomic mass is 36.0. The summed E-state index contributed by atoms with van der Waals surface area (Å²) in [6, 6.07) is 2.06. The van der Waals surface area contributed by atoms with Crippen LogP contribution in [-0.4, -0.2) is 98.5 Å². The van der Waals surface area contributed by atoms with Crippen LogP contribution in [0.4, 0.5) is 0 Å². The number of unbranched alkanes of at least 4 members (excludes halogenated alkanes) is 2. The van der Waals surface area contributed by atoms with Crippen LogP contribution in [-0.2, 0) is 9.23 Å². The van der Waals surface area contributed by atoms with Crippen LogP contribution in [0, 0.1) is 0 Å². The molecule has 0 amide bonds. The molecule has 3 fully saturated rings. The maximum atomic E-state index is 9.09. The van der Waals surface area contributed by atoms with Crippen molar-refractivity contribution in [2.75, 3.05) is 51.8 Å². The van der Waals surface area contributed by atoms with Crippen LogP contribution in [0.25, 0.3) is 0 Å². The third-order valence-corrected chi connectivity index (χ3v) is 8.11. The van der Waals surface area contributed by atoms with Gasteiger partial charge in [0.25, 0.3) is 0 Å². The van der Waals surface area contributed by atoms with Gasteiger partial charge in [-0.05, 0) is 103 Å². The van der Waals surface area contributed by atoms with Gasteiger partial charge in [-0.15, -0.1) is 11.6 Å². The Morgan fingerprint density at radius 1 is 0.767 bits per heavy atom. The predicted molar refractivity (Wildman–Crippen MR) is 194 cm³/mol. The number of hydrogen-bond acceptors (Lipinski definition) is 6. The minimum absolute atomic E-state index is 0.331. The largest absolute Gasteiger partial charge is 0.396 e. The number of nitrogens with one attached hydrogen (secondary N) is 1. The Balaban J connectivity index is 0. The number of halogens is 6. The summed E-state index contributed by atoms with van der Waals surface area (Å²) in [6.45, 7) is 11.4. The molecule has 0 aliphatic carbocycles. The third kappa shape index (κ3) is 32.0. The number of likely N-dealkylation sites (tertiary alicyclic amines) is 2. The molecule has 3 aliphatic rings. The second-order valence-corrected chi connectivity index (χ2v) is 16.0. The minimum atomic E-state index is -1.67. The predicted octanol–water partition coefficient (Wildman–Crippen LogP) is 8.83. The van der Waals surface area contributed by atoms with Crippen LogP contribution >= 0.6 is 67.8 Å². The molecule has 3 N–H and O–H groups in total. The first-order chi connectivity index (χ1) is 20.7. The Labute approximate surface area is 295 Å². The van der Waals surface area contributed by atoms with Gasteiger partial charge in [-0.1, -0.05) is 80.8 Å². The molecule has 13 heteroatoms. The van der Waals surface area contributed by atoms with Gasteiger partial charge >= 0.3 is 0 Å². The van der Waals surface area contributed by atoms with Gasteiger partial charge in [0, 0.05) is 58.6 Å². The molecule has 0 aromatic heterocycles. The first kappa shape index (κ1) is 46.8. The van der Waals surface area contributed by atoms with Crippen LogP contribution in [0.1, 0.15) is 117 Å². The molecule has 3 aliphatic heterocycles. The number of aliphatic hydroxyl groups excluding tert-OH is 2. The van der Waals surface area contributed by atoms with Crippen LogP contribution < -0.4 is 5.32 Å². The second kappa shape index (κ2) is 35.0. The van der Waals surface area contributed by atoms with Crippen molar-refractivity contribution in [2.24, 2.45) is 0 Å². The quantitative estimate of drug-likeness (QED) is 0.137. The number of piperidine rings is 3. The zero-order valence-electron chi connectivity index (χ0n) is 26.7. The summed E-state index contributed by atoms with van der Waals surface area (Å²) < 4.78 is 8.34. The Morgan fingerprint density at radius 2 is 1.21 bits per heavy atom. The lowest BCUT2D eigenvalue weighted by atomic mass is 9.99. The standard InChI is InChI=1S/C11H22ClN.C11H23NO.C7H15NO.CHCl3.Cl2OS/c1-2-3-9-13-10-5-4-6-11(13)7-8-12;1-2-3-8-12-9-5-4-6-11(12)7-10-13;9-6-4-7-3-1-2-5-8-7;2-1(3)4;1-4(2)3/h11H,2-10H2,1H3;11,13H,2-10H2,1H3;7-9H,1-6H2;1H;. The average molecular weight is 757 g/mol. The number of aliphatic hydroxyl groups is 2. The monoisotopic (exact) mass is 753 g/mol. The molecule has 0 aromatic rings. The minimum Gasteiger partial charge on any atom is -0.396 e. The van der Waals surface area contributed by atoms with Crippen molar-refractivity contribution in [3.63, 3.8) is 0 Å². The Morgan fingerprint density at radius 3 is 1.58 bits per heavy atom. The van der Waals surface area contributed by atoms with Gasteiger partial charge in [-0.3, -0.25) is 0 Å². The Hall–Kier alpha value is 1.69. The molecule has 3 heterocycles. The van der Waals surface area contributed by atoms with Gasteiger partial charge in [0.15, 0.2) is 4.30 Å². The molecular weight excluding hydrogens is 695 g/mol. The normalized spacial score (nSPS) is 22.7. The second-order valence-electron chi connectivity index (χ2n) is 11.2. The fourth-order valence-electron chi connectivity index (χ4n) is 5.69. The SMILES string of the molecule is CCCCN1CCCCC1CCCl.CCCCN1CCCCC1CCO.ClC(Cl)Cl.O=S(Cl)Cl.OCCC1CCCCN1. The molecule has 3 saturated heterocycles. The number of nitrogens with zero attached hydrogens (tertiary/aromatic N) is 2. The van der Waals surface area contributed by atoms with E-state index in [2.05, 4.69) is 50.3 Å². The van der Waals surface area contributed by atoms with Crippen LogP contribution in [0.15, 0.2) is 0 Å². The summed E-state index contributed by atoms with van der Waals surface area (Å²) in [5.74, 6) is 0.827. The van der Waals surface area contributed by atoms with Crippen molar-refractivity contribution in [1.82, 2.24) is 15.1 Å². The fourth-order valence-corrected chi connectivity index (χ4v) is 5.94. The van der Waals surface area contributed by atoms with Crippen molar-refractivity contribution in [3.05, 3.63) is 0 Å². The van der Waals surface area contributed by atoms with Gasteiger partial charge < -0.3 is 25.3 Å². The van der Waals surface area contributed by atoms with Crippen molar-refractivity contribution in [3.8, 4) is 0 Å². The van der Waals surface area contributed by atoms with E-state index in [9.17, 15) is 0 Å². The van der Waals surface area contributed by atoms with E-state index in [1.165, 1.54) is 116 Å². The number of rotatable bonds is 12. The number of alkyl halides is 4. The van der Waals surface area contributed by atoms with Gasteiger partial charge in [-0.2, -0.15) is 0 Å². The smallest absolute Gasteiger partial charge is 0.211 e. The molecule has 0 saturated carbocycles. The third-order valence-electron chi connectivity index (χ3n) is 7.89. The molecule has 0 radical (unpaired) electrons. The summed E-state index contributed by atoms with van der Waals surface area (Å²) in [5, 5.41) is 20.9. The van der Waals surface area contributed by atoms with Crippen LogP contribution in [0.5, 0.6) is 0 Å². The summed E-state index contributed by atoms with van der Waals surface area (Å²) in [5.41, 5.74) is 0. The fraction of sp³-hybridized carbons (Fsp3) is 1.00. The van der Waals surface area contributed by atoms with Gasteiger partial charge in [0.1, 0.15) is 0 Å². The molecular formula is C30H61Cl6N3O3S. The Kier molecular flexibility index (Phi) is 38.1. The average Bonchev–Trinajstić information content (AvgIpc) is 2.97. The summed E-state index contributed by atoms with van der Waals surface area (Å²) in [4.78, 5) is 5.22. The lowest BCUT2D eigenvalue weighted by Crippen LogP contribution is -2.40. The maximum absolute atomic E-state index is 9.09. The van der Waals surface area contributed by atoms with Crippen molar-refractivity contribution < 1.29 is 14.4 Å². The molecule has 0 spiro atoms. The zero-order chi connectivity index (χ0) is 32.7. The van der Waals surface area contributed by atoms with Gasteiger partial charge in [-0.25, -0.2) is 4.21 Å². The molecule has 3 unspecified atom stereocenters. The van der Waals surface area contributed by atoms with Gasteiger partial charge in [0.2, 0.25) is 9.23 Å². The summed E-state index contributed by atoms with van der Waals surface area (Å²) in [7, 11) is 7.36. The summed E-state index contributed by atoms with van der Waals surface area (Å²) >= 11 is 20.2. The maximum Gasteiger partial charge on any atom is 0.211 e. The van der Waals surface area contributed by atoms with Crippen molar-refractivity contribution in [2.45, 2.75) is 139 Å². The zero-order valence-corrected chi connectivity index (χ0v) is 32.0. The highest BCUT2D eigenvalue weighted by Gasteiger charge is 2.21. The van der Waals surface area contributed by atoms with E-state index in [0.29, 0.717) is 25.3 Å². The molecule has 0 aromatic carbocycles. The van der Waals surface area contributed by atoms with E-state index in [1.807, 2.05) is 0 Å². The highest BCUT2D eigenvalue weighted by Crippen LogP contribution is 2.21. The molecule has 262 valence electrons. The molecule has 6 nitrogen and oxygen atoms in total. The van der Waals surface area contributed by atoms with Crippen LogP contribution in [0.2, 0.25) is 0 Å². The summed E-state index contributed by atoms with van der Waals surface area (Å²) in [6.07, 6.45) is 20.4. The van der Waals surface area contributed by atoms with Crippen LogP contribution in [0.3, 0.4) is 0 Å². The van der Waals surface area contributed by atoms with E-state index < -0.39 is 13.5 Å². The van der Waals surface area contributed by atoms with E-state index in [-0.39, 0.29) is 0 Å². The van der Waals surface area contributed by atoms with E-state index in [1.54, 1.807) is 0 Å². The van der Waals surface area contributed by atoms with E-state index in [4.69, 9.17) is 60.8 Å². The van der Waals surface area contributed by atoms with Crippen molar-refractivity contribution >= 4 is 77.0 Å². The van der Waals surface area contributed by atoms with Crippen molar-refractivity contribution in [1.29, 1.82) is 0 Å². The molecule has 43 heavy (non-hydrogen) atoms. The van der Waals surface area contributed by atoms with Gasteiger partial charge in [0.05, 0.1) is 0 Å². The molecule has 3 rings (SSSR count). The highest BCUT2D eigenvalue weighted by molar-refractivity contribution is 8.26. The van der Waals surface area contributed by atoms with E-state index in [0.717, 1.165) is 31.3 Å². The topological polar surface area (TPSA) is 76.0 Å². The number of hydrogen-bond donors (Lipinski definition) is 3. The first-order valence-electron chi connectivity index (χ1n) is 16.3. The van der Waals surface area contributed by atoms with E-state index >= 15 is 0 Å².